The fourth-order valence-corrected chi connectivity index (χ4v) is 11.3. The Morgan fingerprint density at radius 1 is 0.398 bits per heavy atom. The molecule has 14 heteroatoms. The number of nitrogens with one attached hydrogen (secondary N) is 1. The number of carbonyl (C=O) groups excluding carboxylic acids is 1. The molecule has 532 valence electrons. The second kappa shape index (κ2) is 61.7. The highest BCUT2D eigenvalue weighted by molar-refractivity contribution is 5.76. The Morgan fingerprint density at radius 3 is 1.18 bits per heavy atom. The van der Waals surface area contributed by atoms with Crippen molar-refractivity contribution in [1.82, 2.24) is 5.32 Å². The van der Waals surface area contributed by atoms with Crippen LogP contribution < -0.4 is 5.32 Å². The highest BCUT2D eigenvalue weighted by atomic mass is 16.7. The number of aliphatic hydroxyl groups excluding tert-OH is 8. The van der Waals surface area contributed by atoms with Crippen LogP contribution in [0.1, 0.15) is 264 Å². The second-order valence-electron chi connectivity index (χ2n) is 25.3. The van der Waals surface area contributed by atoms with Crippen molar-refractivity contribution < 1.29 is 64.6 Å². The minimum absolute atomic E-state index is 0.184. The Morgan fingerprint density at radius 2 is 0.753 bits per heavy atom. The van der Waals surface area contributed by atoms with E-state index in [0.29, 0.717) is 19.3 Å². The van der Waals surface area contributed by atoms with Gasteiger partial charge in [-0.15, -0.1) is 0 Å². The molecule has 2 aliphatic heterocycles. The molecule has 2 fully saturated rings. The Bertz CT molecular complexity index is 2070. The molecule has 1 amide bonds. The van der Waals surface area contributed by atoms with E-state index in [1.807, 2.05) is 12.2 Å². The summed E-state index contributed by atoms with van der Waals surface area (Å²) in [5, 5.41) is 87.4. The van der Waals surface area contributed by atoms with Crippen LogP contribution in [0.25, 0.3) is 0 Å². The molecule has 2 rings (SSSR count). The molecule has 0 aromatic heterocycles. The summed E-state index contributed by atoms with van der Waals surface area (Å²) in [5.41, 5.74) is 0. The van der Waals surface area contributed by atoms with Gasteiger partial charge < -0.3 is 65.1 Å². The van der Waals surface area contributed by atoms with Gasteiger partial charge in [0.15, 0.2) is 12.6 Å². The summed E-state index contributed by atoms with van der Waals surface area (Å²) in [7, 11) is 0. The molecule has 12 unspecified atom stereocenters. The van der Waals surface area contributed by atoms with E-state index in [0.717, 1.165) is 70.6 Å². The highest BCUT2D eigenvalue weighted by Gasteiger charge is 2.51. The van der Waals surface area contributed by atoms with E-state index in [4.69, 9.17) is 18.9 Å². The summed E-state index contributed by atoms with van der Waals surface area (Å²) in [5.74, 6) is -0.310. The lowest BCUT2D eigenvalue weighted by Gasteiger charge is -2.46. The normalized spacial score (nSPS) is 23.4. The van der Waals surface area contributed by atoms with E-state index in [2.05, 4.69) is 135 Å². The average Bonchev–Trinajstić information content (AvgIpc) is 0.854. The number of aliphatic hydroxyl groups is 8. The van der Waals surface area contributed by atoms with Crippen molar-refractivity contribution >= 4 is 5.91 Å². The van der Waals surface area contributed by atoms with Gasteiger partial charge in [-0.1, -0.05) is 295 Å². The van der Waals surface area contributed by atoms with Gasteiger partial charge in [-0.05, 0) is 96.3 Å². The molecule has 2 heterocycles. The molecule has 0 radical (unpaired) electrons. The number of amides is 1. The van der Waals surface area contributed by atoms with Gasteiger partial charge in [0.25, 0.3) is 0 Å². The Balaban J connectivity index is 1.72. The first-order chi connectivity index (χ1) is 45.6. The number of hydrogen-bond donors (Lipinski definition) is 9. The van der Waals surface area contributed by atoms with E-state index in [-0.39, 0.29) is 18.9 Å². The first-order valence-corrected chi connectivity index (χ1v) is 36.9. The zero-order chi connectivity index (χ0) is 67.3. The van der Waals surface area contributed by atoms with Gasteiger partial charge in [-0.25, -0.2) is 0 Å². The van der Waals surface area contributed by atoms with Crippen molar-refractivity contribution in [3.63, 3.8) is 0 Å². The molecular weight excluding hydrogens is 1170 g/mol. The fourth-order valence-electron chi connectivity index (χ4n) is 11.3. The molecule has 2 saturated heterocycles. The average molecular weight is 1300 g/mol. The van der Waals surface area contributed by atoms with Gasteiger partial charge in [0.1, 0.15) is 48.8 Å². The first kappa shape index (κ1) is 85.2. The fraction of sp³-hybridized carbons (Fsp3) is 0.709. The van der Waals surface area contributed by atoms with Crippen LogP contribution in [0.2, 0.25) is 0 Å². The molecule has 0 saturated carbocycles. The topological polar surface area (TPSA) is 228 Å². The molecule has 14 nitrogen and oxygen atoms in total. The minimum Gasteiger partial charge on any atom is -0.394 e. The smallest absolute Gasteiger partial charge is 0.220 e. The third kappa shape index (κ3) is 45.3. The standard InChI is InChI=1S/C79H133NO13/c1-3-5-7-9-11-13-15-17-19-21-23-25-27-29-31-33-35-36-38-40-42-44-46-48-50-52-54-56-58-60-62-68(83)67(66-90-78-76(89)74(87)77(70(65-82)92-78)93-79-75(88)73(86)72(85)69(64-81)91-79)80-71(84)63-61-59-57-55-53-51-49-47-45-43-41-39-37-34-32-30-28-26-24-22-20-18-16-14-12-10-8-6-4-2/h6,8,12,14,18,20,24,26,30,32,37,39,43,45,49,51-52,54-55,57,60,62,67-70,72-79,81-83,85-89H,3-5,7,9-11,13,15-17,19,21-23,25,27-29,31,33-36,38,40-42,44,46-48,50,53,56,58-59,61,63-66H2,1-2H3,(H,80,84)/b8-6-,14-12-,20-18-,26-24-,32-30-,39-37-,45-43-,51-49-,54-52+,57-55-,62-60+. The molecule has 0 aromatic carbocycles. The third-order valence-electron chi connectivity index (χ3n) is 17.1. The van der Waals surface area contributed by atoms with Gasteiger partial charge in [-0.3, -0.25) is 4.79 Å². The van der Waals surface area contributed by atoms with Crippen LogP contribution in [0.15, 0.2) is 134 Å². The number of unbranched alkanes of at least 4 members (excludes halogenated alkanes) is 26. The monoisotopic (exact) mass is 1300 g/mol. The largest absolute Gasteiger partial charge is 0.394 e. The van der Waals surface area contributed by atoms with Gasteiger partial charge in [-0.2, -0.15) is 0 Å². The Labute approximate surface area is 564 Å². The Kier molecular flexibility index (Phi) is 56.5. The summed E-state index contributed by atoms with van der Waals surface area (Å²) < 4.78 is 22.8. The number of hydrogen-bond acceptors (Lipinski definition) is 13. The summed E-state index contributed by atoms with van der Waals surface area (Å²) >= 11 is 0. The molecule has 9 N–H and O–H groups in total. The van der Waals surface area contributed by atoms with Gasteiger partial charge in [0.05, 0.1) is 32.0 Å². The third-order valence-corrected chi connectivity index (χ3v) is 17.1. The van der Waals surface area contributed by atoms with E-state index in [9.17, 15) is 45.6 Å². The lowest BCUT2D eigenvalue weighted by atomic mass is 9.97. The van der Waals surface area contributed by atoms with Gasteiger partial charge in [0.2, 0.25) is 5.91 Å². The molecule has 2 aliphatic rings. The van der Waals surface area contributed by atoms with Crippen molar-refractivity contribution in [2.75, 3.05) is 19.8 Å². The number of allylic oxidation sites excluding steroid dienone is 21. The number of rotatable bonds is 59. The SMILES string of the molecule is CC/C=C\C/C=C\C/C=C\C/C=C\C/C=C\C/C=C\C/C=C\C/C=C\C/C=C\CCCC(=O)NC(COC1OC(CO)C(OC2OC(CO)C(O)C(O)C2O)C(O)C1O)C(O)/C=C/CC/C=C/CCCCCCCCCCCCCCCCCCCCCCCCCC. The summed E-state index contributed by atoms with van der Waals surface area (Å²) in [6.45, 7) is 2.64. The molecule has 0 spiro atoms. The Hall–Kier alpha value is -3.87. The van der Waals surface area contributed by atoms with E-state index in [1.165, 1.54) is 154 Å². The molecular formula is C79H133NO13. The molecule has 0 aliphatic carbocycles. The van der Waals surface area contributed by atoms with E-state index >= 15 is 0 Å². The molecule has 0 aromatic rings. The van der Waals surface area contributed by atoms with Crippen LogP contribution in [-0.4, -0.2) is 140 Å². The van der Waals surface area contributed by atoms with Crippen LogP contribution in [0.3, 0.4) is 0 Å². The second-order valence-corrected chi connectivity index (χ2v) is 25.3. The van der Waals surface area contributed by atoms with Crippen LogP contribution in [0.4, 0.5) is 0 Å². The van der Waals surface area contributed by atoms with Crippen molar-refractivity contribution in [1.29, 1.82) is 0 Å². The maximum atomic E-state index is 13.3. The zero-order valence-corrected chi connectivity index (χ0v) is 57.9. The van der Waals surface area contributed by atoms with Crippen LogP contribution in [-0.2, 0) is 23.7 Å². The van der Waals surface area contributed by atoms with Crippen molar-refractivity contribution in [2.24, 2.45) is 0 Å². The quantitative estimate of drug-likeness (QED) is 0.0204. The van der Waals surface area contributed by atoms with Crippen LogP contribution in [0, 0.1) is 0 Å². The zero-order valence-electron chi connectivity index (χ0n) is 57.9. The van der Waals surface area contributed by atoms with E-state index in [1.54, 1.807) is 6.08 Å². The number of ether oxygens (including phenoxy) is 4. The lowest BCUT2D eigenvalue weighted by molar-refractivity contribution is -0.359. The summed E-state index contributed by atoms with van der Waals surface area (Å²) in [6, 6.07) is -0.975. The maximum Gasteiger partial charge on any atom is 0.220 e. The van der Waals surface area contributed by atoms with Crippen LogP contribution >= 0.6 is 0 Å². The van der Waals surface area contributed by atoms with Crippen molar-refractivity contribution in [2.45, 2.75) is 338 Å². The lowest BCUT2D eigenvalue weighted by Crippen LogP contribution is -2.65. The summed E-state index contributed by atoms with van der Waals surface area (Å²) in [6.07, 6.45) is 75.2. The number of carbonyl (C=O) groups is 1. The predicted octanol–water partition coefficient (Wildman–Crippen LogP) is 15.8. The predicted molar refractivity (Wildman–Crippen MR) is 382 cm³/mol. The van der Waals surface area contributed by atoms with E-state index < -0.39 is 86.8 Å². The minimum atomic E-state index is -1.81. The summed E-state index contributed by atoms with van der Waals surface area (Å²) in [4.78, 5) is 13.3. The van der Waals surface area contributed by atoms with Crippen molar-refractivity contribution in [3.8, 4) is 0 Å². The molecule has 93 heavy (non-hydrogen) atoms. The molecule has 12 atom stereocenters. The van der Waals surface area contributed by atoms with Gasteiger partial charge >= 0.3 is 0 Å². The maximum absolute atomic E-state index is 13.3. The molecule has 0 bridgehead atoms. The van der Waals surface area contributed by atoms with Crippen molar-refractivity contribution in [3.05, 3.63) is 134 Å². The van der Waals surface area contributed by atoms with Gasteiger partial charge in [0, 0.05) is 6.42 Å². The van der Waals surface area contributed by atoms with Crippen LogP contribution in [0.5, 0.6) is 0 Å². The highest BCUT2D eigenvalue weighted by Crippen LogP contribution is 2.30. The first-order valence-electron chi connectivity index (χ1n) is 36.9.